The summed E-state index contributed by atoms with van der Waals surface area (Å²) in [7, 11) is 0. The van der Waals surface area contributed by atoms with Crippen molar-refractivity contribution in [1.29, 1.82) is 0 Å². The van der Waals surface area contributed by atoms with Gasteiger partial charge < -0.3 is 20.3 Å². The standard InChI is InChI=1S/C20H23ClFN5O2/c21-16-9-13(1-2-17(16)22)10-24-20(28)27-6-3-14-11-23-19(26-18(14)12-27)25-15-4-7-29-8-5-15/h1-2,9,11,15H,3-8,10,12H2,(H,24,28)(H,23,25,26). The van der Waals surface area contributed by atoms with Crippen molar-refractivity contribution < 1.29 is 13.9 Å². The van der Waals surface area contributed by atoms with Crippen LogP contribution in [0.25, 0.3) is 0 Å². The second-order valence-corrected chi connectivity index (χ2v) is 7.68. The highest BCUT2D eigenvalue weighted by molar-refractivity contribution is 6.30. The van der Waals surface area contributed by atoms with Gasteiger partial charge >= 0.3 is 6.03 Å². The number of hydrogen-bond donors (Lipinski definition) is 2. The Balaban J connectivity index is 1.35. The molecule has 1 aromatic heterocycles. The van der Waals surface area contributed by atoms with Crippen molar-refractivity contribution >= 4 is 23.6 Å². The molecule has 0 radical (unpaired) electrons. The zero-order valence-electron chi connectivity index (χ0n) is 16.0. The normalized spacial score (nSPS) is 17.0. The van der Waals surface area contributed by atoms with Crippen molar-refractivity contribution in [2.24, 2.45) is 0 Å². The molecule has 0 atom stereocenters. The quantitative estimate of drug-likeness (QED) is 0.796. The van der Waals surface area contributed by atoms with Gasteiger partial charge in [-0.05, 0) is 42.5 Å². The number of halogens is 2. The summed E-state index contributed by atoms with van der Waals surface area (Å²) in [5.41, 5.74) is 2.67. The third-order valence-corrected chi connectivity index (χ3v) is 5.51. The fourth-order valence-corrected chi connectivity index (χ4v) is 3.71. The summed E-state index contributed by atoms with van der Waals surface area (Å²) >= 11 is 5.79. The molecule has 1 fully saturated rings. The predicted molar refractivity (Wildman–Crippen MR) is 107 cm³/mol. The van der Waals surface area contributed by atoms with Gasteiger partial charge in [0.1, 0.15) is 5.82 Å². The molecule has 4 rings (SSSR count). The number of carbonyl (C=O) groups is 1. The van der Waals surface area contributed by atoms with Gasteiger partial charge in [0.05, 0.1) is 17.3 Å². The number of benzene rings is 1. The maximum atomic E-state index is 13.3. The Hall–Kier alpha value is -2.45. The molecule has 2 aromatic rings. The van der Waals surface area contributed by atoms with E-state index in [9.17, 15) is 9.18 Å². The Bertz CT molecular complexity index is 891. The molecule has 0 spiro atoms. The molecular weight excluding hydrogens is 397 g/mol. The molecule has 1 saturated heterocycles. The summed E-state index contributed by atoms with van der Waals surface area (Å²) in [5.74, 6) is 0.123. The molecule has 0 saturated carbocycles. The Labute approximate surface area is 173 Å². The van der Waals surface area contributed by atoms with E-state index in [1.54, 1.807) is 11.0 Å². The summed E-state index contributed by atoms with van der Waals surface area (Å²) in [6, 6.07) is 4.55. The van der Waals surface area contributed by atoms with E-state index in [0.29, 0.717) is 31.5 Å². The number of nitrogens with one attached hydrogen (secondary N) is 2. The number of aromatic nitrogens is 2. The zero-order chi connectivity index (χ0) is 20.2. The Morgan fingerprint density at radius 2 is 2.17 bits per heavy atom. The highest BCUT2D eigenvalue weighted by Crippen LogP contribution is 2.20. The van der Waals surface area contributed by atoms with Crippen LogP contribution in [0.15, 0.2) is 24.4 Å². The van der Waals surface area contributed by atoms with Gasteiger partial charge in [-0.15, -0.1) is 0 Å². The van der Waals surface area contributed by atoms with Crippen LogP contribution in [0.1, 0.15) is 29.7 Å². The third kappa shape index (κ3) is 4.94. The summed E-state index contributed by atoms with van der Waals surface area (Å²) in [6.07, 6.45) is 4.42. The van der Waals surface area contributed by atoms with Crippen LogP contribution < -0.4 is 10.6 Å². The maximum absolute atomic E-state index is 13.3. The topological polar surface area (TPSA) is 79.4 Å². The summed E-state index contributed by atoms with van der Waals surface area (Å²) in [4.78, 5) is 23.3. The lowest BCUT2D eigenvalue weighted by atomic mass is 10.1. The highest BCUT2D eigenvalue weighted by Gasteiger charge is 2.23. The SMILES string of the molecule is O=C(NCc1ccc(F)c(Cl)c1)N1CCc2cnc(NC3CCOCC3)nc2C1. The molecule has 29 heavy (non-hydrogen) atoms. The molecule has 2 aliphatic rings. The average Bonchev–Trinajstić information content (AvgIpc) is 2.74. The maximum Gasteiger partial charge on any atom is 0.318 e. The predicted octanol–water partition coefficient (Wildman–Crippen LogP) is 3.13. The minimum atomic E-state index is -0.473. The summed E-state index contributed by atoms with van der Waals surface area (Å²) in [5, 5.41) is 6.27. The molecule has 1 aromatic carbocycles. The fraction of sp³-hybridized carbons (Fsp3) is 0.450. The molecule has 9 heteroatoms. The van der Waals surface area contributed by atoms with E-state index in [4.69, 9.17) is 16.3 Å². The largest absolute Gasteiger partial charge is 0.381 e. The Kier molecular flexibility index (Phi) is 6.10. The molecule has 3 heterocycles. The molecule has 0 unspecified atom stereocenters. The molecule has 2 amide bonds. The zero-order valence-corrected chi connectivity index (χ0v) is 16.7. The van der Waals surface area contributed by atoms with Gasteiger partial charge in [0, 0.05) is 38.5 Å². The monoisotopic (exact) mass is 419 g/mol. The number of fused-ring (bicyclic) bond motifs is 1. The number of ether oxygens (including phenoxy) is 1. The van der Waals surface area contributed by atoms with E-state index < -0.39 is 5.82 Å². The summed E-state index contributed by atoms with van der Waals surface area (Å²) < 4.78 is 18.6. The minimum Gasteiger partial charge on any atom is -0.381 e. The third-order valence-electron chi connectivity index (χ3n) is 5.22. The van der Waals surface area contributed by atoms with E-state index >= 15 is 0 Å². The van der Waals surface area contributed by atoms with E-state index in [2.05, 4.69) is 20.6 Å². The number of amides is 2. The molecule has 0 aliphatic carbocycles. The minimum absolute atomic E-state index is 0.0462. The lowest BCUT2D eigenvalue weighted by Crippen LogP contribution is -2.43. The Morgan fingerprint density at radius 1 is 1.34 bits per heavy atom. The van der Waals surface area contributed by atoms with E-state index in [0.717, 1.165) is 42.9 Å². The average molecular weight is 420 g/mol. The first-order valence-electron chi connectivity index (χ1n) is 9.74. The molecule has 0 bridgehead atoms. The second-order valence-electron chi connectivity index (χ2n) is 7.28. The molecule has 154 valence electrons. The van der Waals surface area contributed by atoms with E-state index in [1.165, 1.54) is 12.1 Å². The Morgan fingerprint density at radius 3 is 2.97 bits per heavy atom. The highest BCUT2D eigenvalue weighted by atomic mass is 35.5. The molecular formula is C20H23ClFN5O2. The van der Waals surface area contributed by atoms with Gasteiger partial charge in [-0.3, -0.25) is 0 Å². The van der Waals surface area contributed by atoms with Crippen LogP contribution in [0.4, 0.5) is 15.1 Å². The van der Waals surface area contributed by atoms with Crippen molar-refractivity contribution in [2.45, 2.75) is 38.4 Å². The van der Waals surface area contributed by atoms with Crippen LogP contribution in [-0.4, -0.2) is 46.7 Å². The van der Waals surface area contributed by atoms with Crippen molar-refractivity contribution in [2.75, 3.05) is 25.1 Å². The van der Waals surface area contributed by atoms with Crippen LogP contribution in [0.2, 0.25) is 5.02 Å². The van der Waals surface area contributed by atoms with Gasteiger partial charge in [0.2, 0.25) is 5.95 Å². The van der Waals surface area contributed by atoms with E-state index in [1.807, 2.05) is 6.20 Å². The van der Waals surface area contributed by atoms with Crippen molar-refractivity contribution in [3.8, 4) is 0 Å². The molecule has 7 nitrogen and oxygen atoms in total. The first-order valence-corrected chi connectivity index (χ1v) is 10.1. The lowest BCUT2D eigenvalue weighted by Gasteiger charge is -2.29. The first-order chi connectivity index (χ1) is 14.1. The number of anilines is 1. The van der Waals surface area contributed by atoms with E-state index in [-0.39, 0.29) is 17.6 Å². The second kappa shape index (κ2) is 8.92. The van der Waals surface area contributed by atoms with Gasteiger partial charge in [0.25, 0.3) is 0 Å². The van der Waals surface area contributed by atoms with Crippen molar-refractivity contribution in [3.63, 3.8) is 0 Å². The van der Waals surface area contributed by atoms with Gasteiger partial charge in [-0.2, -0.15) is 0 Å². The fourth-order valence-electron chi connectivity index (χ4n) is 3.51. The van der Waals surface area contributed by atoms with Crippen LogP contribution >= 0.6 is 11.6 Å². The van der Waals surface area contributed by atoms with Gasteiger partial charge in [0.15, 0.2) is 0 Å². The number of rotatable bonds is 4. The number of hydrogen-bond acceptors (Lipinski definition) is 5. The van der Waals surface area contributed by atoms with Crippen molar-refractivity contribution in [3.05, 3.63) is 52.1 Å². The van der Waals surface area contributed by atoms with Crippen LogP contribution in [-0.2, 0) is 24.2 Å². The smallest absolute Gasteiger partial charge is 0.318 e. The van der Waals surface area contributed by atoms with Gasteiger partial charge in [-0.1, -0.05) is 17.7 Å². The number of nitrogens with zero attached hydrogens (tertiary/aromatic N) is 3. The van der Waals surface area contributed by atoms with Crippen LogP contribution in [0.3, 0.4) is 0 Å². The molecule has 2 N–H and O–H groups in total. The number of urea groups is 1. The lowest BCUT2D eigenvalue weighted by molar-refractivity contribution is 0.0903. The van der Waals surface area contributed by atoms with Gasteiger partial charge in [-0.25, -0.2) is 19.2 Å². The molecule has 2 aliphatic heterocycles. The summed E-state index contributed by atoms with van der Waals surface area (Å²) in [6.45, 7) is 2.80. The van der Waals surface area contributed by atoms with Crippen LogP contribution in [0, 0.1) is 5.82 Å². The first kappa shape index (κ1) is 19.8. The van der Waals surface area contributed by atoms with Crippen molar-refractivity contribution in [1.82, 2.24) is 20.2 Å². The number of carbonyl (C=O) groups excluding carboxylic acids is 1. The van der Waals surface area contributed by atoms with Crippen LogP contribution in [0.5, 0.6) is 0 Å².